The predicted molar refractivity (Wildman–Crippen MR) is 82.3 cm³/mol. The Morgan fingerprint density at radius 1 is 1.50 bits per heavy atom. The summed E-state index contributed by atoms with van der Waals surface area (Å²) in [5.74, 6) is 0.693. The highest BCUT2D eigenvalue weighted by Crippen LogP contribution is 2.17. The highest BCUT2D eigenvalue weighted by atomic mass is 35.5. The molecule has 0 spiro atoms. The molecule has 1 rings (SSSR count). The van der Waals surface area contributed by atoms with Crippen molar-refractivity contribution < 1.29 is 5.11 Å². The minimum Gasteiger partial charge on any atom is -0.396 e. The fourth-order valence-electron chi connectivity index (χ4n) is 1.95. The molecule has 0 aliphatic heterocycles. The second-order valence-corrected chi connectivity index (χ2v) is 5.80. The van der Waals surface area contributed by atoms with Gasteiger partial charge in [-0.25, -0.2) is 4.68 Å². The molecule has 0 aliphatic carbocycles. The van der Waals surface area contributed by atoms with Gasteiger partial charge in [0.25, 0.3) is 5.56 Å². The zero-order valence-electron chi connectivity index (χ0n) is 12.4. The first-order valence-corrected chi connectivity index (χ1v) is 7.47. The molecule has 0 radical (unpaired) electrons. The Kier molecular flexibility index (Phi) is 7.02. The molecule has 1 unspecified atom stereocenters. The van der Waals surface area contributed by atoms with Gasteiger partial charge in [0.1, 0.15) is 5.02 Å². The van der Waals surface area contributed by atoms with E-state index in [9.17, 15) is 4.79 Å². The number of nitrogens with one attached hydrogen (secondary N) is 1. The predicted octanol–water partition coefficient (Wildman–Crippen LogP) is 2.37. The lowest BCUT2D eigenvalue weighted by atomic mass is 10.0. The first-order valence-electron chi connectivity index (χ1n) is 7.09. The van der Waals surface area contributed by atoms with Gasteiger partial charge >= 0.3 is 0 Å². The quantitative estimate of drug-likeness (QED) is 0.773. The Balaban J connectivity index is 2.77. The van der Waals surface area contributed by atoms with Crippen LogP contribution in [0.5, 0.6) is 0 Å². The van der Waals surface area contributed by atoms with Crippen LogP contribution in [-0.2, 0) is 6.54 Å². The van der Waals surface area contributed by atoms with Gasteiger partial charge in [0.05, 0.1) is 11.9 Å². The van der Waals surface area contributed by atoms with Crippen LogP contribution in [0.3, 0.4) is 0 Å². The van der Waals surface area contributed by atoms with E-state index in [1.54, 1.807) is 6.20 Å². The number of hydrogen-bond donors (Lipinski definition) is 2. The standard InChI is InChI=1S/C14H24ClN3O2/c1-4-11(5-6-19)7-16-12-8-17-18(9-10(2)3)14(20)13(12)15/h8,10-11,16,19H,4-7,9H2,1-3H3. The number of rotatable bonds is 8. The van der Waals surface area contributed by atoms with Gasteiger partial charge in [-0.15, -0.1) is 0 Å². The maximum Gasteiger partial charge on any atom is 0.287 e. The zero-order chi connectivity index (χ0) is 15.1. The molecule has 6 heteroatoms. The van der Waals surface area contributed by atoms with Crippen molar-refractivity contribution in [1.82, 2.24) is 9.78 Å². The summed E-state index contributed by atoms with van der Waals surface area (Å²) in [6.07, 6.45) is 3.29. The highest BCUT2D eigenvalue weighted by Gasteiger charge is 2.12. The van der Waals surface area contributed by atoms with Crippen LogP contribution in [0.2, 0.25) is 5.02 Å². The molecule has 1 heterocycles. The molecule has 0 saturated heterocycles. The molecule has 114 valence electrons. The Morgan fingerprint density at radius 2 is 2.20 bits per heavy atom. The Labute approximate surface area is 125 Å². The Morgan fingerprint density at radius 3 is 2.75 bits per heavy atom. The third-order valence-electron chi connectivity index (χ3n) is 3.22. The van der Waals surface area contributed by atoms with Gasteiger partial charge in [-0.2, -0.15) is 5.10 Å². The van der Waals surface area contributed by atoms with E-state index < -0.39 is 0 Å². The van der Waals surface area contributed by atoms with E-state index >= 15 is 0 Å². The number of hydrogen-bond acceptors (Lipinski definition) is 4. The van der Waals surface area contributed by atoms with E-state index in [0.29, 0.717) is 30.6 Å². The van der Waals surface area contributed by atoms with Crippen molar-refractivity contribution in [1.29, 1.82) is 0 Å². The number of nitrogens with zero attached hydrogens (tertiary/aromatic N) is 2. The average Bonchev–Trinajstić information content (AvgIpc) is 2.41. The number of halogens is 1. The Bertz CT molecular complexity index is 474. The molecule has 1 atom stereocenters. The van der Waals surface area contributed by atoms with Crippen LogP contribution in [-0.4, -0.2) is 28.0 Å². The van der Waals surface area contributed by atoms with Crippen molar-refractivity contribution in [3.63, 3.8) is 0 Å². The SMILES string of the molecule is CCC(CCO)CNc1cnn(CC(C)C)c(=O)c1Cl. The molecular formula is C14H24ClN3O2. The maximum absolute atomic E-state index is 12.1. The molecule has 0 aliphatic rings. The normalized spacial score (nSPS) is 12.7. The summed E-state index contributed by atoms with van der Waals surface area (Å²) in [6, 6.07) is 0. The second-order valence-electron chi connectivity index (χ2n) is 5.42. The van der Waals surface area contributed by atoms with E-state index in [-0.39, 0.29) is 17.2 Å². The van der Waals surface area contributed by atoms with Crippen molar-refractivity contribution in [2.75, 3.05) is 18.5 Å². The fourth-order valence-corrected chi connectivity index (χ4v) is 2.16. The number of aliphatic hydroxyl groups is 1. The van der Waals surface area contributed by atoms with Crippen LogP contribution in [0.4, 0.5) is 5.69 Å². The average molecular weight is 302 g/mol. The first kappa shape index (κ1) is 17.0. The van der Waals surface area contributed by atoms with Crippen LogP contribution >= 0.6 is 11.6 Å². The smallest absolute Gasteiger partial charge is 0.287 e. The largest absolute Gasteiger partial charge is 0.396 e. The van der Waals surface area contributed by atoms with Gasteiger partial charge in [-0.1, -0.05) is 38.8 Å². The summed E-state index contributed by atoms with van der Waals surface area (Å²) >= 11 is 6.10. The molecule has 20 heavy (non-hydrogen) atoms. The lowest BCUT2D eigenvalue weighted by molar-refractivity contribution is 0.258. The highest BCUT2D eigenvalue weighted by molar-refractivity contribution is 6.32. The molecule has 1 aromatic heterocycles. The number of anilines is 1. The molecule has 0 amide bonds. The molecule has 0 aromatic carbocycles. The third kappa shape index (κ3) is 4.80. The fraction of sp³-hybridized carbons (Fsp3) is 0.714. The summed E-state index contributed by atoms with van der Waals surface area (Å²) in [5, 5.41) is 16.4. The summed E-state index contributed by atoms with van der Waals surface area (Å²) in [7, 11) is 0. The summed E-state index contributed by atoms with van der Waals surface area (Å²) < 4.78 is 1.39. The minimum absolute atomic E-state index is 0.169. The lowest BCUT2D eigenvalue weighted by Gasteiger charge is -2.16. The maximum atomic E-state index is 12.1. The number of aliphatic hydroxyl groups excluding tert-OH is 1. The minimum atomic E-state index is -0.263. The van der Waals surface area contributed by atoms with Crippen LogP contribution in [0.25, 0.3) is 0 Å². The van der Waals surface area contributed by atoms with E-state index in [1.165, 1.54) is 4.68 Å². The molecule has 0 fully saturated rings. The number of aromatic nitrogens is 2. The van der Waals surface area contributed by atoms with Crippen LogP contribution in [0.15, 0.2) is 11.0 Å². The van der Waals surface area contributed by atoms with Gasteiger partial charge in [0.2, 0.25) is 0 Å². The van der Waals surface area contributed by atoms with E-state index in [4.69, 9.17) is 16.7 Å². The van der Waals surface area contributed by atoms with Gasteiger partial charge in [0.15, 0.2) is 0 Å². The molecule has 1 aromatic rings. The van der Waals surface area contributed by atoms with Crippen molar-refractivity contribution >= 4 is 17.3 Å². The topological polar surface area (TPSA) is 67.2 Å². The lowest BCUT2D eigenvalue weighted by Crippen LogP contribution is -2.27. The monoisotopic (exact) mass is 301 g/mol. The van der Waals surface area contributed by atoms with Crippen molar-refractivity contribution in [2.24, 2.45) is 11.8 Å². The van der Waals surface area contributed by atoms with Crippen LogP contribution < -0.4 is 10.9 Å². The van der Waals surface area contributed by atoms with E-state index in [2.05, 4.69) is 17.3 Å². The Hall–Kier alpha value is -1.07. The van der Waals surface area contributed by atoms with Gasteiger partial charge in [0, 0.05) is 19.7 Å². The molecule has 0 saturated carbocycles. The van der Waals surface area contributed by atoms with Gasteiger partial charge in [-0.05, 0) is 18.3 Å². The second kappa shape index (κ2) is 8.27. The summed E-state index contributed by atoms with van der Waals surface area (Å²) in [6.45, 7) is 7.52. The molecule has 0 bridgehead atoms. The van der Waals surface area contributed by atoms with E-state index in [1.807, 2.05) is 13.8 Å². The van der Waals surface area contributed by atoms with E-state index in [0.717, 1.165) is 12.8 Å². The van der Waals surface area contributed by atoms with Crippen LogP contribution in [0, 0.1) is 11.8 Å². The molecule has 2 N–H and O–H groups in total. The zero-order valence-corrected chi connectivity index (χ0v) is 13.2. The summed E-state index contributed by atoms with van der Waals surface area (Å²) in [5.41, 5.74) is 0.300. The summed E-state index contributed by atoms with van der Waals surface area (Å²) in [4.78, 5) is 12.1. The molecule has 5 nitrogen and oxygen atoms in total. The van der Waals surface area contributed by atoms with Gasteiger partial charge < -0.3 is 10.4 Å². The van der Waals surface area contributed by atoms with Gasteiger partial charge in [-0.3, -0.25) is 4.79 Å². The van der Waals surface area contributed by atoms with Crippen LogP contribution in [0.1, 0.15) is 33.6 Å². The van der Waals surface area contributed by atoms with Crippen molar-refractivity contribution in [3.05, 3.63) is 21.6 Å². The van der Waals surface area contributed by atoms with Crippen molar-refractivity contribution in [2.45, 2.75) is 40.2 Å². The first-order chi connectivity index (χ1) is 9.49. The molecular weight excluding hydrogens is 278 g/mol. The van der Waals surface area contributed by atoms with Crippen molar-refractivity contribution in [3.8, 4) is 0 Å². The third-order valence-corrected chi connectivity index (χ3v) is 3.58.